The van der Waals surface area contributed by atoms with Crippen LogP contribution in [0.25, 0.3) is 0 Å². The Kier molecular flexibility index (Phi) is 5.49. The second-order valence-corrected chi connectivity index (χ2v) is 4.35. The maximum Gasteiger partial charge on any atom is 0.251 e. The van der Waals surface area contributed by atoms with Crippen molar-refractivity contribution in [1.29, 1.82) is 0 Å². The number of amides is 1. The smallest absolute Gasteiger partial charge is 0.251 e. The van der Waals surface area contributed by atoms with Crippen molar-refractivity contribution in [3.05, 3.63) is 23.8 Å². The largest absolute Gasteiger partial charge is 0.495 e. The third-order valence-corrected chi connectivity index (χ3v) is 3.20. The number of rotatable bonds is 6. The van der Waals surface area contributed by atoms with Gasteiger partial charge in [0.2, 0.25) is 0 Å². The molecule has 1 rings (SSSR count). The lowest BCUT2D eigenvalue weighted by Gasteiger charge is -2.13. The van der Waals surface area contributed by atoms with E-state index in [1.807, 2.05) is 0 Å². The molecule has 0 saturated heterocycles. The quantitative estimate of drug-likeness (QED) is 0.762. The Morgan fingerprint density at radius 1 is 1.39 bits per heavy atom. The van der Waals surface area contributed by atoms with Crippen LogP contribution in [0.4, 0.5) is 5.69 Å². The number of nitrogen functional groups attached to an aromatic ring is 1. The molecule has 0 heterocycles. The Labute approximate surface area is 109 Å². The second-order valence-electron chi connectivity index (χ2n) is 4.35. The van der Waals surface area contributed by atoms with Crippen molar-refractivity contribution >= 4 is 11.6 Å². The van der Waals surface area contributed by atoms with Gasteiger partial charge in [0.15, 0.2) is 0 Å². The molecule has 18 heavy (non-hydrogen) atoms. The van der Waals surface area contributed by atoms with Gasteiger partial charge in [-0.05, 0) is 24.1 Å². The van der Waals surface area contributed by atoms with Crippen molar-refractivity contribution in [3.63, 3.8) is 0 Å². The fourth-order valence-corrected chi connectivity index (χ4v) is 1.77. The van der Waals surface area contributed by atoms with Gasteiger partial charge in [-0.1, -0.05) is 26.7 Å². The first-order valence-corrected chi connectivity index (χ1v) is 6.34. The molecule has 4 heteroatoms. The lowest BCUT2D eigenvalue weighted by molar-refractivity contribution is 0.0946. The van der Waals surface area contributed by atoms with E-state index >= 15 is 0 Å². The highest BCUT2D eigenvalue weighted by Crippen LogP contribution is 2.22. The molecule has 0 spiro atoms. The van der Waals surface area contributed by atoms with Crippen molar-refractivity contribution in [3.8, 4) is 5.75 Å². The molecule has 0 saturated carbocycles. The van der Waals surface area contributed by atoms with Crippen LogP contribution < -0.4 is 15.8 Å². The monoisotopic (exact) mass is 250 g/mol. The van der Waals surface area contributed by atoms with Crippen LogP contribution >= 0.6 is 0 Å². The number of hydrogen-bond donors (Lipinski definition) is 2. The van der Waals surface area contributed by atoms with Crippen LogP contribution in [0, 0.1) is 5.92 Å². The van der Waals surface area contributed by atoms with Gasteiger partial charge in [-0.2, -0.15) is 0 Å². The van der Waals surface area contributed by atoms with Crippen molar-refractivity contribution in [2.24, 2.45) is 5.92 Å². The normalized spacial score (nSPS) is 10.4. The van der Waals surface area contributed by atoms with Gasteiger partial charge in [-0.3, -0.25) is 4.79 Å². The lowest BCUT2D eigenvalue weighted by Crippen LogP contribution is -2.28. The predicted octanol–water partition coefficient (Wildman–Crippen LogP) is 2.44. The number of carbonyl (C=O) groups excluding carboxylic acids is 1. The van der Waals surface area contributed by atoms with Crippen LogP contribution in [0.3, 0.4) is 0 Å². The van der Waals surface area contributed by atoms with E-state index < -0.39 is 0 Å². The van der Waals surface area contributed by atoms with E-state index in [2.05, 4.69) is 19.2 Å². The Morgan fingerprint density at radius 2 is 2.06 bits per heavy atom. The average molecular weight is 250 g/mol. The molecule has 100 valence electrons. The van der Waals surface area contributed by atoms with Gasteiger partial charge in [0, 0.05) is 12.1 Å². The fourth-order valence-electron chi connectivity index (χ4n) is 1.77. The molecule has 0 aliphatic rings. The van der Waals surface area contributed by atoms with Crippen molar-refractivity contribution < 1.29 is 9.53 Å². The average Bonchev–Trinajstić information content (AvgIpc) is 2.40. The summed E-state index contributed by atoms with van der Waals surface area (Å²) in [7, 11) is 1.54. The highest BCUT2D eigenvalue weighted by molar-refractivity contribution is 5.95. The summed E-state index contributed by atoms with van der Waals surface area (Å²) in [5.41, 5.74) is 6.82. The van der Waals surface area contributed by atoms with Crippen molar-refractivity contribution in [1.82, 2.24) is 5.32 Å². The van der Waals surface area contributed by atoms with E-state index in [0.29, 0.717) is 29.5 Å². The second kappa shape index (κ2) is 6.89. The zero-order valence-corrected chi connectivity index (χ0v) is 11.3. The zero-order chi connectivity index (χ0) is 13.5. The first kappa shape index (κ1) is 14.4. The van der Waals surface area contributed by atoms with Gasteiger partial charge in [0.1, 0.15) is 5.75 Å². The van der Waals surface area contributed by atoms with Crippen LogP contribution in [0.1, 0.15) is 37.0 Å². The van der Waals surface area contributed by atoms with E-state index in [1.54, 1.807) is 18.2 Å². The Balaban J connectivity index is 2.67. The minimum Gasteiger partial charge on any atom is -0.495 e. The molecule has 0 aromatic heterocycles. The summed E-state index contributed by atoms with van der Waals surface area (Å²) in [6.45, 7) is 4.97. The summed E-state index contributed by atoms with van der Waals surface area (Å²) in [6.07, 6.45) is 2.14. The van der Waals surface area contributed by atoms with Gasteiger partial charge in [-0.25, -0.2) is 0 Å². The van der Waals surface area contributed by atoms with Gasteiger partial charge in [0.25, 0.3) is 5.91 Å². The van der Waals surface area contributed by atoms with Crippen LogP contribution in [-0.4, -0.2) is 19.6 Å². The molecule has 0 atom stereocenters. The number of nitrogens with one attached hydrogen (secondary N) is 1. The van der Waals surface area contributed by atoms with Gasteiger partial charge >= 0.3 is 0 Å². The van der Waals surface area contributed by atoms with Crippen LogP contribution in [0.5, 0.6) is 5.75 Å². The lowest BCUT2D eigenvalue weighted by atomic mass is 10.0. The van der Waals surface area contributed by atoms with Crippen LogP contribution in [0.15, 0.2) is 18.2 Å². The highest BCUT2D eigenvalue weighted by Gasteiger charge is 2.10. The van der Waals surface area contributed by atoms with Crippen molar-refractivity contribution in [2.75, 3.05) is 19.4 Å². The maximum absolute atomic E-state index is 12.0. The molecule has 3 N–H and O–H groups in total. The summed E-state index contributed by atoms with van der Waals surface area (Å²) < 4.78 is 5.10. The molecule has 0 unspecified atom stereocenters. The Hall–Kier alpha value is -1.71. The van der Waals surface area contributed by atoms with Gasteiger partial charge < -0.3 is 15.8 Å². The van der Waals surface area contributed by atoms with Crippen LogP contribution in [-0.2, 0) is 0 Å². The van der Waals surface area contributed by atoms with Crippen molar-refractivity contribution in [2.45, 2.75) is 26.7 Å². The van der Waals surface area contributed by atoms with Gasteiger partial charge in [-0.15, -0.1) is 0 Å². The predicted molar refractivity (Wildman–Crippen MR) is 73.8 cm³/mol. The highest BCUT2D eigenvalue weighted by atomic mass is 16.5. The first-order valence-electron chi connectivity index (χ1n) is 6.34. The third-order valence-electron chi connectivity index (χ3n) is 3.20. The number of benzene rings is 1. The Morgan fingerprint density at radius 3 is 2.61 bits per heavy atom. The molecule has 4 nitrogen and oxygen atoms in total. The molecular weight excluding hydrogens is 228 g/mol. The topological polar surface area (TPSA) is 64.4 Å². The molecule has 0 fully saturated rings. The summed E-state index contributed by atoms with van der Waals surface area (Å²) >= 11 is 0. The fraction of sp³-hybridized carbons (Fsp3) is 0.500. The Bertz CT molecular complexity index is 401. The number of nitrogens with two attached hydrogens (primary N) is 1. The minimum absolute atomic E-state index is 0.0831. The molecule has 1 aromatic rings. The third kappa shape index (κ3) is 3.65. The molecule has 0 aliphatic heterocycles. The SMILES string of the molecule is CCC(CC)CNC(=O)c1ccc(N)c(OC)c1. The molecule has 1 aromatic carbocycles. The first-order chi connectivity index (χ1) is 8.62. The summed E-state index contributed by atoms with van der Waals surface area (Å²) in [4.78, 5) is 12.0. The van der Waals surface area contributed by atoms with E-state index in [0.717, 1.165) is 12.8 Å². The number of methoxy groups -OCH3 is 1. The van der Waals surface area contributed by atoms with Crippen LogP contribution in [0.2, 0.25) is 0 Å². The van der Waals surface area contributed by atoms with E-state index in [1.165, 1.54) is 7.11 Å². The summed E-state index contributed by atoms with van der Waals surface area (Å²) in [5, 5.41) is 2.94. The van der Waals surface area contributed by atoms with E-state index in [-0.39, 0.29) is 5.91 Å². The number of carbonyl (C=O) groups is 1. The number of ether oxygens (including phenoxy) is 1. The standard InChI is InChI=1S/C14H22N2O2/c1-4-10(5-2)9-16-14(17)11-6-7-12(15)13(8-11)18-3/h6-8,10H,4-5,9,15H2,1-3H3,(H,16,17). The van der Waals surface area contributed by atoms with E-state index in [9.17, 15) is 4.79 Å². The van der Waals surface area contributed by atoms with E-state index in [4.69, 9.17) is 10.5 Å². The summed E-state index contributed by atoms with van der Waals surface area (Å²) in [5.74, 6) is 0.981. The molecule has 0 radical (unpaired) electrons. The molecule has 1 amide bonds. The maximum atomic E-state index is 12.0. The molecule has 0 bridgehead atoms. The zero-order valence-electron chi connectivity index (χ0n) is 11.3. The number of hydrogen-bond acceptors (Lipinski definition) is 3. The molecule has 0 aliphatic carbocycles. The number of anilines is 1. The molecular formula is C14H22N2O2. The minimum atomic E-state index is -0.0831. The summed E-state index contributed by atoms with van der Waals surface area (Å²) in [6, 6.07) is 5.06. The van der Waals surface area contributed by atoms with Gasteiger partial charge in [0.05, 0.1) is 12.8 Å².